The van der Waals surface area contributed by atoms with Crippen molar-refractivity contribution in [3.63, 3.8) is 0 Å². The molecule has 12 heteroatoms. The van der Waals surface area contributed by atoms with Crippen LogP contribution in [0.4, 0.5) is 9.59 Å². The number of fused-ring (bicyclic) bond motifs is 2. The minimum Gasteiger partial charge on any atom is -0.491 e. The van der Waals surface area contributed by atoms with Gasteiger partial charge in [0.2, 0.25) is 0 Å². The molecule has 0 bridgehead atoms. The van der Waals surface area contributed by atoms with E-state index in [9.17, 15) is 19.2 Å². The Labute approximate surface area is 296 Å². The van der Waals surface area contributed by atoms with Gasteiger partial charge in [-0.2, -0.15) is 0 Å². The van der Waals surface area contributed by atoms with E-state index in [1.54, 1.807) is 34.1 Å². The fourth-order valence-electron chi connectivity index (χ4n) is 5.91. The highest BCUT2D eigenvalue weighted by molar-refractivity contribution is 5.90. The minimum atomic E-state index is -0.566. The molecule has 0 saturated heterocycles. The van der Waals surface area contributed by atoms with E-state index >= 15 is 0 Å². The van der Waals surface area contributed by atoms with E-state index in [2.05, 4.69) is 0 Å². The van der Waals surface area contributed by atoms with E-state index in [-0.39, 0.29) is 36.1 Å². The molecular formula is C38H54N2O10. The second-order valence-electron chi connectivity index (χ2n) is 14.9. The van der Waals surface area contributed by atoms with Crippen LogP contribution in [0.1, 0.15) is 113 Å². The first-order chi connectivity index (χ1) is 23.3. The Morgan fingerprint density at radius 3 is 1.26 bits per heavy atom. The summed E-state index contributed by atoms with van der Waals surface area (Å²) in [5.41, 5.74) is 1.45. The zero-order chi connectivity index (χ0) is 37.6. The van der Waals surface area contributed by atoms with Crippen LogP contribution in [0, 0.1) is 11.8 Å². The first-order valence-corrected chi connectivity index (χ1v) is 17.0. The van der Waals surface area contributed by atoms with Crippen LogP contribution in [0.15, 0.2) is 36.4 Å². The third kappa shape index (κ3) is 10.3. The Bertz CT molecular complexity index is 1410. The van der Waals surface area contributed by atoms with Gasteiger partial charge in [0.05, 0.1) is 50.5 Å². The summed E-state index contributed by atoms with van der Waals surface area (Å²) >= 11 is 0. The summed E-state index contributed by atoms with van der Waals surface area (Å²) in [5, 5.41) is 0. The third-order valence-corrected chi connectivity index (χ3v) is 7.88. The average Bonchev–Trinajstić information content (AvgIpc) is 3.34. The number of amides is 2. The summed E-state index contributed by atoms with van der Waals surface area (Å²) in [6.07, 6.45) is -0.723. The van der Waals surface area contributed by atoms with Gasteiger partial charge in [-0.25, -0.2) is 19.2 Å². The highest BCUT2D eigenvalue weighted by Crippen LogP contribution is 2.39. The Balaban J connectivity index is 0.000000270. The first-order valence-electron chi connectivity index (χ1n) is 17.0. The standard InChI is InChI=1S/2C19H27NO5/c2*1-12(2)16-14-8-7-13(17(21)23-6)11-15(14)24-10-9-20(16)18(22)25-19(3,4)5/h2*7-8,11-12,16H,9-10H2,1-6H3/t2*16-/m10/s1. The Hall–Kier alpha value is -4.48. The maximum Gasteiger partial charge on any atom is 0.410 e. The van der Waals surface area contributed by atoms with Gasteiger partial charge in [0.15, 0.2) is 0 Å². The Morgan fingerprint density at radius 2 is 0.980 bits per heavy atom. The molecule has 276 valence electrons. The lowest BCUT2D eigenvalue weighted by Crippen LogP contribution is -2.41. The van der Waals surface area contributed by atoms with E-state index < -0.39 is 23.1 Å². The summed E-state index contributed by atoms with van der Waals surface area (Å²) in [4.78, 5) is 52.3. The van der Waals surface area contributed by atoms with E-state index in [1.165, 1.54) is 14.2 Å². The SMILES string of the molecule is COC(=O)c1ccc2c(c1)OCCN(C(=O)OC(C)(C)C)[C@@H]2C(C)C.COC(=O)c1ccc2c(c1)OCCN(C(=O)OC(C)(C)C)[C@H]2C(C)C. The lowest BCUT2D eigenvalue weighted by Gasteiger charge is -2.34. The second-order valence-corrected chi connectivity index (χ2v) is 14.9. The zero-order valence-corrected chi connectivity index (χ0v) is 31.6. The fraction of sp³-hybridized carbons (Fsp3) is 0.579. The summed E-state index contributed by atoms with van der Waals surface area (Å²) in [6.45, 7) is 20.8. The van der Waals surface area contributed by atoms with E-state index in [0.29, 0.717) is 48.9 Å². The van der Waals surface area contributed by atoms with Crippen molar-refractivity contribution in [2.24, 2.45) is 11.8 Å². The molecule has 0 spiro atoms. The van der Waals surface area contributed by atoms with Gasteiger partial charge in [-0.05, 0) is 77.6 Å². The van der Waals surface area contributed by atoms with Crippen molar-refractivity contribution in [3.8, 4) is 11.5 Å². The number of rotatable bonds is 4. The number of carbonyl (C=O) groups excluding carboxylic acids is 4. The van der Waals surface area contributed by atoms with Gasteiger partial charge in [-0.1, -0.05) is 39.8 Å². The molecule has 2 amide bonds. The molecule has 50 heavy (non-hydrogen) atoms. The molecule has 2 heterocycles. The third-order valence-electron chi connectivity index (χ3n) is 7.88. The molecule has 0 aromatic heterocycles. The van der Waals surface area contributed by atoms with Crippen molar-refractivity contribution >= 4 is 24.1 Å². The van der Waals surface area contributed by atoms with E-state index in [0.717, 1.165) is 11.1 Å². The maximum absolute atomic E-state index is 12.7. The number of benzene rings is 2. The van der Waals surface area contributed by atoms with Crippen molar-refractivity contribution in [2.45, 2.75) is 92.5 Å². The molecule has 0 unspecified atom stereocenters. The summed E-state index contributed by atoms with van der Waals surface area (Å²) in [6, 6.07) is 10.0. The average molecular weight is 699 g/mol. The van der Waals surface area contributed by atoms with Crippen LogP contribution < -0.4 is 9.47 Å². The van der Waals surface area contributed by atoms with Gasteiger partial charge in [0.25, 0.3) is 0 Å². The van der Waals surface area contributed by atoms with Crippen LogP contribution in [0.2, 0.25) is 0 Å². The minimum absolute atomic E-state index is 0.150. The molecule has 4 rings (SSSR count). The van der Waals surface area contributed by atoms with Gasteiger partial charge >= 0.3 is 24.1 Å². The van der Waals surface area contributed by atoms with E-state index in [4.69, 9.17) is 28.4 Å². The number of hydrogen-bond donors (Lipinski definition) is 0. The van der Waals surface area contributed by atoms with Crippen LogP contribution in [-0.2, 0) is 18.9 Å². The number of ether oxygens (including phenoxy) is 6. The second kappa shape index (κ2) is 16.5. The lowest BCUT2D eigenvalue weighted by atomic mass is 9.93. The van der Waals surface area contributed by atoms with Crippen molar-refractivity contribution in [1.82, 2.24) is 9.80 Å². The molecule has 2 aliphatic rings. The molecular weight excluding hydrogens is 644 g/mol. The van der Waals surface area contributed by atoms with Gasteiger partial charge in [0, 0.05) is 11.1 Å². The van der Waals surface area contributed by atoms with Crippen LogP contribution in [0.5, 0.6) is 11.5 Å². The van der Waals surface area contributed by atoms with Crippen LogP contribution in [0.25, 0.3) is 0 Å². The van der Waals surface area contributed by atoms with Crippen molar-refractivity contribution in [3.05, 3.63) is 58.7 Å². The largest absolute Gasteiger partial charge is 0.491 e. The molecule has 0 radical (unpaired) electrons. The van der Waals surface area contributed by atoms with Gasteiger partial charge in [-0.3, -0.25) is 9.80 Å². The predicted molar refractivity (Wildman–Crippen MR) is 188 cm³/mol. The number of hydrogen-bond acceptors (Lipinski definition) is 10. The first kappa shape index (κ1) is 40.0. The van der Waals surface area contributed by atoms with E-state index in [1.807, 2.05) is 81.4 Å². The van der Waals surface area contributed by atoms with Crippen molar-refractivity contribution < 1.29 is 47.6 Å². The zero-order valence-electron chi connectivity index (χ0n) is 31.6. The molecule has 0 fully saturated rings. The number of carbonyl (C=O) groups is 4. The van der Waals surface area contributed by atoms with Gasteiger partial charge in [-0.15, -0.1) is 0 Å². The molecule has 0 aliphatic carbocycles. The predicted octanol–water partition coefficient (Wildman–Crippen LogP) is 7.60. The number of esters is 2. The molecule has 2 aromatic rings. The molecule has 2 aliphatic heterocycles. The highest BCUT2D eigenvalue weighted by Gasteiger charge is 2.36. The maximum atomic E-state index is 12.7. The van der Waals surface area contributed by atoms with Gasteiger partial charge < -0.3 is 28.4 Å². The van der Waals surface area contributed by atoms with Gasteiger partial charge in [0.1, 0.15) is 35.9 Å². The molecule has 12 nitrogen and oxygen atoms in total. The number of methoxy groups -OCH3 is 2. The van der Waals surface area contributed by atoms with Crippen LogP contribution in [0.3, 0.4) is 0 Å². The number of nitrogens with zero attached hydrogens (tertiary/aromatic N) is 2. The summed E-state index contributed by atoms with van der Waals surface area (Å²) in [7, 11) is 2.69. The summed E-state index contributed by atoms with van der Waals surface area (Å²) in [5.74, 6) is 0.677. The smallest absolute Gasteiger partial charge is 0.410 e. The van der Waals surface area contributed by atoms with Crippen molar-refractivity contribution in [2.75, 3.05) is 40.5 Å². The fourth-order valence-corrected chi connectivity index (χ4v) is 5.91. The lowest BCUT2D eigenvalue weighted by molar-refractivity contribution is 0.00936. The van der Waals surface area contributed by atoms with Crippen molar-refractivity contribution in [1.29, 1.82) is 0 Å². The molecule has 2 atom stereocenters. The monoisotopic (exact) mass is 698 g/mol. The Morgan fingerprint density at radius 1 is 0.640 bits per heavy atom. The molecule has 0 saturated carbocycles. The topological polar surface area (TPSA) is 130 Å². The summed E-state index contributed by atoms with van der Waals surface area (Å²) < 4.78 is 32.3. The van der Waals surface area contributed by atoms with Crippen LogP contribution in [-0.4, -0.2) is 85.6 Å². The molecule has 2 aromatic carbocycles. The van der Waals surface area contributed by atoms with Crippen LogP contribution >= 0.6 is 0 Å². The normalized spacial score (nSPS) is 17.4. The molecule has 0 N–H and O–H groups in total. The quantitative estimate of drug-likeness (QED) is 0.232. The highest BCUT2D eigenvalue weighted by atomic mass is 16.6. The Kier molecular flexibility index (Phi) is 13.2.